The van der Waals surface area contributed by atoms with Crippen LogP contribution < -0.4 is 5.32 Å². The second-order valence-electron chi connectivity index (χ2n) is 3.90. The molecule has 0 aromatic heterocycles. The highest BCUT2D eigenvalue weighted by atomic mass is 16.5. The first-order valence-electron chi connectivity index (χ1n) is 5.50. The van der Waals surface area contributed by atoms with Crippen LogP contribution in [0.25, 0.3) is 0 Å². The molecule has 1 unspecified atom stereocenters. The smallest absolute Gasteiger partial charge is 0.328 e. The van der Waals surface area contributed by atoms with Gasteiger partial charge in [0.05, 0.1) is 7.11 Å². The fourth-order valence-electron chi connectivity index (χ4n) is 1.69. The second kappa shape index (κ2) is 5.54. The Hall–Kier alpha value is -1.51. The van der Waals surface area contributed by atoms with E-state index in [0.29, 0.717) is 6.42 Å². The Labute approximate surface area is 96.8 Å². The third-order valence-electron chi connectivity index (χ3n) is 2.69. The van der Waals surface area contributed by atoms with Gasteiger partial charge in [-0.25, -0.2) is 4.79 Å². The molecule has 1 aromatic carbocycles. The second-order valence-corrected chi connectivity index (χ2v) is 3.90. The summed E-state index contributed by atoms with van der Waals surface area (Å²) in [6.45, 7) is 6.01. The van der Waals surface area contributed by atoms with Crippen LogP contribution >= 0.6 is 0 Å². The number of anilines is 1. The number of carbonyl (C=O) groups is 1. The standard InChI is InChI=1S/C13H19NO2/c1-5-11(13(15)16-4)14-12-9(2)7-6-8-10(12)3/h6-8,11,14H,5H2,1-4H3. The molecule has 0 radical (unpaired) electrons. The van der Waals surface area contributed by atoms with E-state index in [1.807, 2.05) is 39.0 Å². The highest BCUT2D eigenvalue weighted by Gasteiger charge is 2.17. The van der Waals surface area contributed by atoms with Gasteiger partial charge in [0.1, 0.15) is 6.04 Å². The summed E-state index contributed by atoms with van der Waals surface area (Å²) in [6.07, 6.45) is 0.709. The predicted octanol–water partition coefficient (Wildman–Crippen LogP) is 2.67. The van der Waals surface area contributed by atoms with Crippen LogP contribution in [0.15, 0.2) is 18.2 Å². The van der Waals surface area contributed by atoms with Crippen molar-refractivity contribution in [3.8, 4) is 0 Å². The number of esters is 1. The van der Waals surface area contributed by atoms with Crippen LogP contribution in [0.2, 0.25) is 0 Å². The fraction of sp³-hybridized carbons (Fsp3) is 0.462. The van der Waals surface area contributed by atoms with Crippen LogP contribution in [0.3, 0.4) is 0 Å². The van der Waals surface area contributed by atoms with E-state index in [0.717, 1.165) is 16.8 Å². The van der Waals surface area contributed by atoms with Crippen molar-refractivity contribution >= 4 is 11.7 Å². The van der Waals surface area contributed by atoms with Gasteiger partial charge in [-0.1, -0.05) is 25.1 Å². The Kier molecular flexibility index (Phi) is 4.35. The quantitative estimate of drug-likeness (QED) is 0.794. The van der Waals surface area contributed by atoms with Crippen molar-refractivity contribution in [2.45, 2.75) is 33.2 Å². The van der Waals surface area contributed by atoms with E-state index in [2.05, 4.69) is 5.32 Å². The van der Waals surface area contributed by atoms with Crippen LogP contribution in [-0.2, 0) is 9.53 Å². The summed E-state index contributed by atoms with van der Waals surface area (Å²) in [7, 11) is 1.41. The molecule has 0 saturated carbocycles. The van der Waals surface area contributed by atoms with Crippen molar-refractivity contribution in [3.05, 3.63) is 29.3 Å². The Morgan fingerprint density at radius 1 is 1.38 bits per heavy atom. The fourth-order valence-corrected chi connectivity index (χ4v) is 1.69. The number of rotatable bonds is 4. The molecule has 1 rings (SSSR count). The van der Waals surface area contributed by atoms with E-state index in [9.17, 15) is 4.79 Å². The molecule has 1 N–H and O–H groups in total. The van der Waals surface area contributed by atoms with E-state index in [-0.39, 0.29) is 12.0 Å². The van der Waals surface area contributed by atoms with Gasteiger partial charge in [0.15, 0.2) is 0 Å². The van der Waals surface area contributed by atoms with Gasteiger partial charge < -0.3 is 10.1 Å². The number of nitrogens with one attached hydrogen (secondary N) is 1. The average molecular weight is 221 g/mol. The maximum atomic E-state index is 11.5. The first kappa shape index (κ1) is 12.6. The van der Waals surface area contributed by atoms with Crippen molar-refractivity contribution in [1.29, 1.82) is 0 Å². The molecule has 16 heavy (non-hydrogen) atoms. The van der Waals surface area contributed by atoms with Crippen LogP contribution in [0.1, 0.15) is 24.5 Å². The lowest BCUT2D eigenvalue weighted by Crippen LogP contribution is -2.30. The van der Waals surface area contributed by atoms with Gasteiger partial charge >= 0.3 is 5.97 Å². The lowest BCUT2D eigenvalue weighted by Gasteiger charge is -2.19. The molecule has 1 atom stereocenters. The summed E-state index contributed by atoms with van der Waals surface area (Å²) in [6, 6.07) is 5.79. The van der Waals surface area contributed by atoms with E-state index >= 15 is 0 Å². The van der Waals surface area contributed by atoms with Gasteiger partial charge in [-0.3, -0.25) is 0 Å². The predicted molar refractivity (Wildman–Crippen MR) is 65.6 cm³/mol. The van der Waals surface area contributed by atoms with E-state index in [1.54, 1.807) is 0 Å². The van der Waals surface area contributed by atoms with Crippen molar-refractivity contribution in [3.63, 3.8) is 0 Å². The maximum absolute atomic E-state index is 11.5. The molecule has 0 aliphatic heterocycles. The van der Waals surface area contributed by atoms with Gasteiger partial charge in [0.25, 0.3) is 0 Å². The number of hydrogen-bond acceptors (Lipinski definition) is 3. The van der Waals surface area contributed by atoms with Gasteiger partial charge in [0, 0.05) is 5.69 Å². The number of para-hydroxylation sites is 1. The molecular weight excluding hydrogens is 202 g/mol. The molecule has 0 aliphatic rings. The Morgan fingerprint density at radius 2 is 1.94 bits per heavy atom. The van der Waals surface area contributed by atoms with Crippen molar-refractivity contribution in [2.24, 2.45) is 0 Å². The highest BCUT2D eigenvalue weighted by molar-refractivity contribution is 5.80. The van der Waals surface area contributed by atoms with E-state index < -0.39 is 0 Å². The van der Waals surface area contributed by atoms with Gasteiger partial charge in [0.2, 0.25) is 0 Å². The third kappa shape index (κ3) is 2.75. The van der Waals surface area contributed by atoms with Crippen LogP contribution in [-0.4, -0.2) is 19.1 Å². The van der Waals surface area contributed by atoms with Crippen LogP contribution in [0.4, 0.5) is 5.69 Å². The third-order valence-corrected chi connectivity index (χ3v) is 2.69. The zero-order valence-corrected chi connectivity index (χ0v) is 10.3. The Bertz CT molecular complexity index is 354. The average Bonchev–Trinajstić information content (AvgIpc) is 2.28. The van der Waals surface area contributed by atoms with Crippen molar-refractivity contribution < 1.29 is 9.53 Å². The van der Waals surface area contributed by atoms with Gasteiger partial charge in [-0.15, -0.1) is 0 Å². The summed E-state index contributed by atoms with van der Waals surface area (Å²) in [5, 5.41) is 3.24. The topological polar surface area (TPSA) is 38.3 Å². The Morgan fingerprint density at radius 3 is 2.38 bits per heavy atom. The van der Waals surface area contributed by atoms with Crippen molar-refractivity contribution in [1.82, 2.24) is 0 Å². The minimum absolute atomic E-state index is 0.217. The van der Waals surface area contributed by atoms with Crippen molar-refractivity contribution in [2.75, 3.05) is 12.4 Å². The molecule has 0 spiro atoms. The zero-order chi connectivity index (χ0) is 12.1. The molecule has 1 aromatic rings. The molecule has 0 saturated heterocycles. The number of aryl methyl sites for hydroxylation is 2. The van der Waals surface area contributed by atoms with Crippen LogP contribution in [0, 0.1) is 13.8 Å². The molecular formula is C13H19NO2. The summed E-state index contributed by atoms with van der Waals surface area (Å²) < 4.78 is 4.75. The minimum Gasteiger partial charge on any atom is -0.467 e. The summed E-state index contributed by atoms with van der Waals surface area (Å²) in [4.78, 5) is 11.5. The molecule has 0 bridgehead atoms. The molecule has 0 fully saturated rings. The highest BCUT2D eigenvalue weighted by Crippen LogP contribution is 2.21. The lowest BCUT2D eigenvalue weighted by atomic mass is 10.1. The number of ether oxygens (including phenoxy) is 1. The molecule has 3 nitrogen and oxygen atoms in total. The van der Waals surface area contributed by atoms with Gasteiger partial charge in [-0.2, -0.15) is 0 Å². The number of carbonyl (C=O) groups excluding carboxylic acids is 1. The van der Waals surface area contributed by atoms with E-state index in [4.69, 9.17) is 4.74 Å². The maximum Gasteiger partial charge on any atom is 0.328 e. The molecule has 3 heteroatoms. The summed E-state index contributed by atoms with van der Waals surface area (Å²) >= 11 is 0. The monoisotopic (exact) mass is 221 g/mol. The van der Waals surface area contributed by atoms with Crippen LogP contribution in [0.5, 0.6) is 0 Å². The molecule has 0 heterocycles. The summed E-state index contributed by atoms with van der Waals surface area (Å²) in [5.74, 6) is -0.217. The first-order chi connectivity index (χ1) is 7.60. The normalized spacial score (nSPS) is 12.0. The molecule has 0 amide bonds. The lowest BCUT2D eigenvalue weighted by molar-refractivity contribution is -0.141. The zero-order valence-electron chi connectivity index (χ0n) is 10.3. The van der Waals surface area contributed by atoms with Gasteiger partial charge in [-0.05, 0) is 31.4 Å². The first-order valence-corrected chi connectivity index (χ1v) is 5.50. The summed E-state index contributed by atoms with van der Waals surface area (Å²) in [5.41, 5.74) is 3.31. The number of methoxy groups -OCH3 is 1. The number of hydrogen-bond donors (Lipinski definition) is 1. The number of benzene rings is 1. The van der Waals surface area contributed by atoms with E-state index in [1.165, 1.54) is 7.11 Å². The SMILES string of the molecule is CCC(Nc1c(C)cccc1C)C(=O)OC. The Balaban J connectivity index is 2.90. The largest absolute Gasteiger partial charge is 0.467 e. The minimum atomic E-state index is -0.273. The molecule has 0 aliphatic carbocycles. The molecule has 88 valence electrons.